The van der Waals surface area contributed by atoms with Crippen LogP contribution in [0.15, 0.2) is 36.7 Å². The lowest BCUT2D eigenvalue weighted by molar-refractivity contribution is 0.617. The van der Waals surface area contributed by atoms with Gasteiger partial charge < -0.3 is 4.90 Å². The van der Waals surface area contributed by atoms with Gasteiger partial charge in [-0.2, -0.15) is 0 Å². The lowest BCUT2D eigenvalue weighted by Crippen LogP contribution is -2.23. The summed E-state index contributed by atoms with van der Waals surface area (Å²) in [6.07, 6.45) is 3.10. The van der Waals surface area contributed by atoms with E-state index in [0.717, 1.165) is 5.69 Å². The van der Waals surface area contributed by atoms with Crippen LogP contribution in [0.25, 0.3) is 0 Å². The minimum Gasteiger partial charge on any atom is -0.363 e. The maximum atomic E-state index is 13.7. The largest absolute Gasteiger partial charge is 0.363 e. The van der Waals surface area contributed by atoms with E-state index in [-0.39, 0.29) is 5.82 Å². The quantitative estimate of drug-likeness (QED) is 0.849. The first-order valence-corrected chi connectivity index (χ1v) is 6.04. The maximum absolute atomic E-state index is 13.7. The SMILES string of the molecule is CCN(Cc1cnc(Cl)cn1)c1ccccc1F. The summed E-state index contributed by atoms with van der Waals surface area (Å²) in [4.78, 5) is 10.0. The van der Waals surface area contributed by atoms with Crippen molar-refractivity contribution in [3.05, 3.63) is 53.3 Å². The zero-order valence-corrected chi connectivity index (χ0v) is 10.7. The second-order valence-corrected chi connectivity index (χ2v) is 4.18. The van der Waals surface area contributed by atoms with Crippen molar-refractivity contribution < 1.29 is 4.39 Å². The lowest BCUT2D eigenvalue weighted by atomic mass is 10.2. The number of rotatable bonds is 4. The number of benzene rings is 1. The molecule has 18 heavy (non-hydrogen) atoms. The van der Waals surface area contributed by atoms with Gasteiger partial charge in [0.1, 0.15) is 11.0 Å². The van der Waals surface area contributed by atoms with Crippen molar-refractivity contribution >= 4 is 17.3 Å². The molecule has 94 valence electrons. The molecule has 0 saturated carbocycles. The Bertz CT molecular complexity index is 516. The van der Waals surface area contributed by atoms with Crippen LogP contribution >= 0.6 is 11.6 Å². The van der Waals surface area contributed by atoms with Crippen LogP contribution in [0.2, 0.25) is 5.15 Å². The summed E-state index contributed by atoms with van der Waals surface area (Å²) in [5.74, 6) is -0.235. The molecule has 2 rings (SSSR count). The normalized spacial score (nSPS) is 10.4. The van der Waals surface area contributed by atoms with E-state index in [1.807, 2.05) is 17.9 Å². The van der Waals surface area contributed by atoms with Crippen LogP contribution in [-0.2, 0) is 6.54 Å². The highest BCUT2D eigenvalue weighted by atomic mass is 35.5. The average Bonchev–Trinajstić information content (AvgIpc) is 2.39. The summed E-state index contributed by atoms with van der Waals surface area (Å²) in [6, 6.07) is 6.69. The van der Waals surface area contributed by atoms with Gasteiger partial charge in [0.25, 0.3) is 0 Å². The molecular formula is C13H13ClFN3. The van der Waals surface area contributed by atoms with Crippen molar-refractivity contribution in [2.45, 2.75) is 13.5 Å². The highest BCUT2D eigenvalue weighted by molar-refractivity contribution is 6.29. The molecule has 5 heteroatoms. The summed E-state index contributed by atoms with van der Waals surface area (Å²) in [7, 11) is 0. The first-order valence-electron chi connectivity index (χ1n) is 5.66. The molecular weight excluding hydrogens is 253 g/mol. The first-order chi connectivity index (χ1) is 8.70. The third-order valence-electron chi connectivity index (χ3n) is 2.60. The molecule has 0 fully saturated rings. The molecule has 1 heterocycles. The standard InChI is InChI=1S/C13H13ClFN3/c1-2-18(12-6-4-3-5-11(12)15)9-10-7-17-13(14)8-16-10/h3-8H,2,9H2,1H3. The van der Waals surface area contributed by atoms with Crippen LogP contribution in [0, 0.1) is 5.82 Å². The highest BCUT2D eigenvalue weighted by Crippen LogP contribution is 2.20. The molecule has 0 aliphatic heterocycles. The van der Waals surface area contributed by atoms with Crippen LogP contribution in [0.3, 0.4) is 0 Å². The van der Waals surface area contributed by atoms with Crippen molar-refractivity contribution in [2.24, 2.45) is 0 Å². The van der Waals surface area contributed by atoms with E-state index in [1.165, 1.54) is 12.3 Å². The topological polar surface area (TPSA) is 29.0 Å². The van der Waals surface area contributed by atoms with E-state index in [0.29, 0.717) is 23.9 Å². The lowest BCUT2D eigenvalue weighted by Gasteiger charge is -2.22. The van der Waals surface area contributed by atoms with Crippen molar-refractivity contribution in [3.8, 4) is 0 Å². The van der Waals surface area contributed by atoms with Gasteiger partial charge >= 0.3 is 0 Å². The minimum absolute atomic E-state index is 0.235. The Hall–Kier alpha value is -1.68. The molecule has 2 aromatic rings. The van der Waals surface area contributed by atoms with Gasteiger partial charge in [-0.15, -0.1) is 0 Å². The molecule has 0 aliphatic carbocycles. The average molecular weight is 266 g/mol. The Morgan fingerprint density at radius 1 is 1.22 bits per heavy atom. The van der Waals surface area contributed by atoms with Gasteiger partial charge in [-0.25, -0.2) is 9.37 Å². The molecule has 0 unspecified atom stereocenters. The third kappa shape index (κ3) is 2.96. The van der Waals surface area contributed by atoms with Crippen molar-refractivity contribution in [2.75, 3.05) is 11.4 Å². The molecule has 0 bridgehead atoms. The van der Waals surface area contributed by atoms with Crippen LogP contribution in [0.1, 0.15) is 12.6 Å². The molecule has 3 nitrogen and oxygen atoms in total. The smallest absolute Gasteiger partial charge is 0.147 e. The van der Waals surface area contributed by atoms with Gasteiger partial charge in [0, 0.05) is 6.54 Å². The second-order valence-electron chi connectivity index (χ2n) is 3.80. The third-order valence-corrected chi connectivity index (χ3v) is 2.80. The molecule has 0 N–H and O–H groups in total. The van der Waals surface area contributed by atoms with Gasteiger partial charge in [-0.1, -0.05) is 23.7 Å². The zero-order chi connectivity index (χ0) is 13.0. The fourth-order valence-corrected chi connectivity index (χ4v) is 1.79. The van der Waals surface area contributed by atoms with Crippen LogP contribution in [0.4, 0.5) is 10.1 Å². The summed E-state index contributed by atoms with van der Waals surface area (Å²) >= 11 is 5.68. The van der Waals surface area contributed by atoms with Crippen LogP contribution in [-0.4, -0.2) is 16.5 Å². The summed E-state index contributed by atoms with van der Waals surface area (Å²) < 4.78 is 13.7. The molecule has 0 aliphatic rings. The van der Waals surface area contributed by atoms with Crippen LogP contribution in [0.5, 0.6) is 0 Å². The van der Waals surface area contributed by atoms with E-state index < -0.39 is 0 Å². The Morgan fingerprint density at radius 3 is 2.61 bits per heavy atom. The van der Waals surface area contributed by atoms with Crippen molar-refractivity contribution in [1.29, 1.82) is 0 Å². The van der Waals surface area contributed by atoms with E-state index in [1.54, 1.807) is 18.3 Å². The monoisotopic (exact) mass is 265 g/mol. The molecule has 0 atom stereocenters. The molecule has 1 aromatic carbocycles. The summed E-state index contributed by atoms with van der Waals surface area (Å²) in [5, 5.41) is 0.354. The molecule has 0 saturated heterocycles. The predicted octanol–water partition coefficient (Wildman–Crippen LogP) is 3.30. The van der Waals surface area contributed by atoms with E-state index in [9.17, 15) is 4.39 Å². The first kappa shape index (κ1) is 12.8. The Morgan fingerprint density at radius 2 is 2.00 bits per heavy atom. The number of hydrogen-bond acceptors (Lipinski definition) is 3. The number of nitrogens with zero attached hydrogens (tertiary/aromatic N) is 3. The Kier molecular flexibility index (Phi) is 4.10. The molecule has 0 amide bonds. The Labute approximate surface area is 110 Å². The van der Waals surface area contributed by atoms with Gasteiger partial charge in [-0.05, 0) is 19.1 Å². The molecule has 1 aromatic heterocycles. The number of hydrogen-bond donors (Lipinski definition) is 0. The van der Waals surface area contributed by atoms with E-state index in [4.69, 9.17) is 11.6 Å². The highest BCUT2D eigenvalue weighted by Gasteiger charge is 2.10. The zero-order valence-electron chi connectivity index (χ0n) is 9.98. The van der Waals surface area contributed by atoms with E-state index >= 15 is 0 Å². The van der Waals surface area contributed by atoms with Gasteiger partial charge in [0.15, 0.2) is 0 Å². The molecule has 0 radical (unpaired) electrons. The Balaban J connectivity index is 2.20. The summed E-state index contributed by atoms with van der Waals surface area (Å²) in [5.41, 5.74) is 1.32. The van der Waals surface area contributed by atoms with Crippen molar-refractivity contribution in [3.63, 3.8) is 0 Å². The number of para-hydroxylation sites is 1. The van der Waals surface area contributed by atoms with E-state index in [2.05, 4.69) is 9.97 Å². The number of aromatic nitrogens is 2. The number of anilines is 1. The van der Waals surface area contributed by atoms with Gasteiger partial charge in [-0.3, -0.25) is 4.98 Å². The number of halogens is 2. The fraction of sp³-hybridized carbons (Fsp3) is 0.231. The van der Waals surface area contributed by atoms with Crippen LogP contribution < -0.4 is 4.90 Å². The second kappa shape index (κ2) is 5.78. The fourth-order valence-electron chi connectivity index (χ4n) is 1.69. The summed E-state index contributed by atoms with van der Waals surface area (Å²) in [6.45, 7) is 3.16. The van der Waals surface area contributed by atoms with Gasteiger partial charge in [0.2, 0.25) is 0 Å². The van der Waals surface area contributed by atoms with Crippen molar-refractivity contribution in [1.82, 2.24) is 9.97 Å². The molecule has 0 spiro atoms. The maximum Gasteiger partial charge on any atom is 0.147 e. The minimum atomic E-state index is -0.235. The predicted molar refractivity (Wildman–Crippen MR) is 70.2 cm³/mol. The van der Waals surface area contributed by atoms with Gasteiger partial charge in [0.05, 0.1) is 30.3 Å².